The van der Waals surface area contributed by atoms with Crippen LogP contribution in [0.25, 0.3) is 22.1 Å². The highest BCUT2D eigenvalue weighted by molar-refractivity contribution is 6.33. The second-order valence-corrected chi connectivity index (χ2v) is 4.81. The van der Waals surface area contributed by atoms with E-state index in [0.29, 0.717) is 16.0 Å². The summed E-state index contributed by atoms with van der Waals surface area (Å²) in [5.41, 5.74) is 13.6. The minimum atomic E-state index is -0.682. The lowest BCUT2D eigenvalue weighted by molar-refractivity contribution is 0.0977. The van der Waals surface area contributed by atoms with Gasteiger partial charge in [-0.15, -0.1) is 0 Å². The van der Waals surface area contributed by atoms with E-state index in [-0.39, 0.29) is 11.4 Å². The summed E-state index contributed by atoms with van der Waals surface area (Å²) >= 11 is 6.17. The van der Waals surface area contributed by atoms with E-state index in [9.17, 15) is 4.79 Å². The SMILES string of the molecule is NC(=O)c1oc2cc(-c3ccccc3Cl)ccc2c1N. The molecule has 2 aromatic carbocycles. The number of nitrogens with two attached hydrogens (primary N) is 2. The van der Waals surface area contributed by atoms with Gasteiger partial charge in [0, 0.05) is 16.0 Å². The first-order chi connectivity index (χ1) is 9.58. The lowest BCUT2D eigenvalue weighted by Crippen LogP contribution is -2.11. The molecule has 0 bridgehead atoms. The molecule has 4 N–H and O–H groups in total. The fourth-order valence-electron chi connectivity index (χ4n) is 2.16. The summed E-state index contributed by atoms with van der Waals surface area (Å²) in [5.74, 6) is -0.700. The number of furan rings is 1. The van der Waals surface area contributed by atoms with Crippen LogP contribution in [-0.2, 0) is 0 Å². The van der Waals surface area contributed by atoms with Crippen molar-refractivity contribution in [1.82, 2.24) is 0 Å². The maximum absolute atomic E-state index is 11.2. The first-order valence-corrected chi connectivity index (χ1v) is 6.32. The van der Waals surface area contributed by atoms with Gasteiger partial charge in [0.1, 0.15) is 5.58 Å². The Labute approximate surface area is 119 Å². The fourth-order valence-corrected chi connectivity index (χ4v) is 2.41. The predicted octanol–water partition coefficient (Wildman–Crippen LogP) is 3.43. The third-order valence-corrected chi connectivity index (χ3v) is 3.47. The Balaban J connectivity index is 2.21. The van der Waals surface area contributed by atoms with Gasteiger partial charge < -0.3 is 15.9 Å². The summed E-state index contributed by atoms with van der Waals surface area (Å²) in [4.78, 5) is 11.2. The number of benzene rings is 2. The van der Waals surface area contributed by atoms with Crippen molar-refractivity contribution in [2.24, 2.45) is 5.73 Å². The van der Waals surface area contributed by atoms with Crippen molar-refractivity contribution in [3.63, 3.8) is 0 Å². The summed E-state index contributed by atoms with van der Waals surface area (Å²) in [6.07, 6.45) is 0. The maximum Gasteiger partial charge on any atom is 0.286 e. The van der Waals surface area contributed by atoms with Crippen molar-refractivity contribution in [3.05, 3.63) is 53.2 Å². The Hall–Kier alpha value is -2.46. The smallest absolute Gasteiger partial charge is 0.286 e. The van der Waals surface area contributed by atoms with Crippen LogP contribution in [0.2, 0.25) is 5.02 Å². The van der Waals surface area contributed by atoms with E-state index >= 15 is 0 Å². The molecule has 1 amide bonds. The van der Waals surface area contributed by atoms with Crippen LogP contribution in [0.4, 0.5) is 5.69 Å². The first kappa shape index (κ1) is 12.6. The van der Waals surface area contributed by atoms with Gasteiger partial charge in [0.15, 0.2) is 0 Å². The predicted molar refractivity (Wildman–Crippen MR) is 79.6 cm³/mol. The number of rotatable bonds is 2. The fraction of sp³-hybridized carbons (Fsp3) is 0. The quantitative estimate of drug-likeness (QED) is 0.757. The Morgan fingerprint density at radius 1 is 1.15 bits per heavy atom. The van der Waals surface area contributed by atoms with E-state index < -0.39 is 5.91 Å². The van der Waals surface area contributed by atoms with E-state index in [2.05, 4.69) is 0 Å². The average Bonchev–Trinajstić information content (AvgIpc) is 2.76. The van der Waals surface area contributed by atoms with Gasteiger partial charge in [0.2, 0.25) is 5.76 Å². The summed E-state index contributed by atoms with van der Waals surface area (Å²) in [6.45, 7) is 0. The zero-order chi connectivity index (χ0) is 14.3. The van der Waals surface area contributed by atoms with Crippen molar-refractivity contribution in [3.8, 4) is 11.1 Å². The van der Waals surface area contributed by atoms with Crippen molar-refractivity contribution in [2.75, 3.05) is 5.73 Å². The number of nitrogen functional groups attached to an aromatic ring is 1. The molecule has 0 atom stereocenters. The Bertz CT molecular complexity index is 824. The van der Waals surface area contributed by atoms with Gasteiger partial charge in [-0.2, -0.15) is 0 Å². The van der Waals surface area contributed by atoms with Crippen LogP contribution in [0.3, 0.4) is 0 Å². The van der Waals surface area contributed by atoms with Crippen LogP contribution in [-0.4, -0.2) is 5.91 Å². The number of hydrogen-bond acceptors (Lipinski definition) is 3. The summed E-state index contributed by atoms with van der Waals surface area (Å²) < 4.78 is 5.42. The van der Waals surface area contributed by atoms with Crippen molar-refractivity contribution < 1.29 is 9.21 Å². The Morgan fingerprint density at radius 3 is 2.60 bits per heavy atom. The zero-order valence-corrected chi connectivity index (χ0v) is 11.1. The molecule has 0 fully saturated rings. The third-order valence-electron chi connectivity index (χ3n) is 3.14. The molecule has 1 aromatic heterocycles. The number of carbonyl (C=O) groups is 1. The third kappa shape index (κ3) is 1.90. The number of carbonyl (C=O) groups excluding carboxylic acids is 1. The molecule has 0 radical (unpaired) electrons. The molecule has 1 heterocycles. The first-order valence-electron chi connectivity index (χ1n) is 5.94. The maximum atomic E-state index is 11.2. The highest BCUT2D eigenvalue weighted by atomic mass is 35.5. The number of halogens is 1. The van der Waals surface area contributed by atoms with Gasteiger partial charge in [0.25, 0.3) is 5.91 Å². The van der Waals surface area contributed by atoms with Gasteiger partial charge in [-0.1, -0.05) is 35.9 Å². The molecule has 3 rings (SSSR count). The summed E-state index contributed by atoms with van der Waals surface area (Å²) in [7, 11) is 0. The van der Waals surface area contributed by atoms with Gasteiger partial charge in [0.05, 0.1) is 5.69 Å². The normalized spacial score (nSPS) is 10.8. The molecule has 0 aliphatic rings. The topological polar surface area (TPSA) is 82.2 Å². The lowest BCUT2D eigenvalue weighted by atomic mass is 10.0. The highest BCUT2D eigenvalue weighted by Crippen LogP contribution is 2.34. The van der Waals surface area contributed by atoms with Gasteiger partial charge in [-0.25, -0.2) is 0 Å². The van der Waals surface area contributed by atoms with Crippen molar-refractivity contribution in [1.29, 1.82) is 0 Å². The minimum Gasteiger partial charge on any atom is -0.449 e. The molecule has 5 heteroatoms. The van der Waals surface area contributed by atoms with Crippen molar-refractivity contribution in [2.45, 2.75) is 0 Å². The van der Waals surface area contributed by atoms with Crippen LogP contribution in [0.5, 0.6) is 0 Å². The van der Waals surface area contributed by atoms with E-state index in [4.69, 9.17) is 27.5 Å². The minimum absolute atomic E-state index is 0.0173. The number of fused-ring (bicyclic) bond motifs is 1. The molecule has 100 valence electrons. The second kappa shape index (κ2) is 4.58. The zero-order valence-electron chi connectivity index (χ0n) is 10.4. The molecular formula is C15H11ClN2O2. The average molecular weight is 287 g/mol. The Kier molecular flexibility index (Phi) is 2.88. The van der Waals surface area contributed by atoms with Crippen LogP contribution < -0.4 is 11.5 Å². The monoisotopic (exact) mass is 286 g/mol. The molecular weight excluding hydrogens is 276 g/mol. The number of amides is 1. The number of anilines is 1. The van der Waals surface area contributed by atoms with Crippen LogP contribution in [0, 0.1) is 0 Å². The molecule has 4 nitrogen and oxygen atoms in total. The van der Waals surface area contributed by atoms with Crippen LogP contribution >= 0.6 is 11.6 Å². The molecule has 0 spiro atoms. The molecule has 20 heavy (non-hydrogen) atoms. The number of primary amides is 1. The largest absolute Gasteiger partial charge is 0.449 e. The van der Waals surface area contributed by atoms with E-state index in [1.807, 2.05) is 30.3 Å². The Morgan fingerprint density at radius 2 is 1.90 bits per heavy atom. The molecule has 3 aromatic rings. The van der Waals surface area contributed by atoms with E-state index in [1.165, 1.54) is 0 Å². The molecule has 0 saturated carbocycles. The molecule has 0 aliphatic heterocycles. The molecule has 0 saturated heterocycles. The van der Waals surface area contributed by atoms with Gasteiger partial charge >= 0.3 is 0 Å². The standard InChI is InChI=1S/C15H11ClN2O2/c16-11-4-2-1-3-9(11)8-5-6-10-12(7-8)20-14(13(10)17)15(18)19/h1-7H,17H2,(H2,18,19). The number of hydrogen-bond donors (Lipinski definition) is 2. The van der Waals surface area contributed by atoms with Crippen LogP contribution in [0.15, 0.2) is 46.9 Å². The van der Waals surface area contributed by atoms with Gasteiger partial charge in [-0.3, -0.25) is 4.79 Å². The van der Waals surface area contributed by atoms with Crippen LogP contribution in [0.1, 0.15) is 10.6 Å². The van der Waals surface area contributed by atoms with Gasteiger partial charge in [-0.05, 0) is 23.8 Å². The van der Waals surface area contributed by atoms with Crippen molar-refractivity contribution >= 4 is 34.2 Å². The highest BCUT2D eigenvalue weighted by Gasteiger charge is 2.16. The van der Waals surface area contributed by atoms with E-state index in [1.54, 1.807) is 12.1 Å². The summed E-state index contributed by atoms with van der Waals surface area (Å²) in [6, 6.07) is 12.9. The molecule has 0 aliphatic carbocycles. The lowest BCUT2D eigenvalue weighted by Gasteiger charge is -2.03. The molecule has 0 unspecified atom stereocenters. The summed E-state index contributed by atoms with van der Waals surface area (Å²) in [5, 5.41) is 1.30. The van der Waals surface area contributed by atoms with E-state index in [0.717, 1.165) is 11.1 Å². The second-order valence-electron chi connectivity index (χ2n) is 4.40.